The van der Waals surface area contributed by atoms with Crippen molar-refractivity contribution in [3.05, 3.63) is 11.6 Å². The number of ether oxygens (including phenoxy) is 1. The van der Waals surface area contributed by atoms with Gasteiger partial charge in [-0.3, -0.25) is 4.79 Å². The van der Waals surface area contributed by atoms with Gasteiger partial charge in [0.1, 0.15) is 6.10 Å². The maximum atomic E-state index is 10.3. The molecule has 2 atom stereocenters. The second kappa shape index (κ2) is 3.41. The Balaban J connectivity index is 1.99. The molecule has 0 saturated heterocycles. The number of hydrogen-bond donors (Lipinski definition) is 0. The molecule has 0 spiro atoms. The Morgan fingerprint density at radius 3 is 2.57 bits per heavy atom. The monoisotopic (exact) mass is 194 g/mol. The molecule has 2 fully saturated rings. The molecule has 2 nitrogen and oxygen atoms in total. The molecular formula is C12H18O2. The third kappa shape index (κ3) is 1.58. The summed E-state index contributed by atoms with van der Waals surface area (Å²) in [7, 11) is 0. The van der Waals surface area contributed by atoms with Gasteiger partial charge in [0.25, 0.3) is 6.47 Å². The molecule has 14 heavy (non-hydrogen) atoms. The molecule has 2 saturated carbocycles. The number of hydrogen-bond acceptors (Lipinski definition) is 2. The molecule has 0 N–H and O–H groups in total. The summed E-state index contributed by atoms with van der Waals surface area (Å²) in [6.45, 7) is 4.91. The van der Waals surface area contributed by atoms with Gasteiger partial charge in [-0.1, -0.05) is 25.5 Å². The van der Waals surface area contributed by atoms with Gasteiger partial charge in [-0.25, -0.2) is 0 Å². The first kappa shape index (κ1) is 9.75. The SMILES string of the molecule is CC1(C)C(C=C2CCCC2)C1OC=O. The van der Waals surface area contributed by atoms with Gasteiger partial charge in [-0.2, -0.15) is 0 Å². The summed E-state index contributed by atoms with van der Waals surface area (Å²) in [5.74, 6) is 0.459. The summed E-state index contributed by atoms with van der Waals surface area (Å²) in [6.07, 6.45) is 7.63. The lowest BCUT2D eigenvalue weighted by molar-refractivity contribution is -0.130. The van der Waals surface area contributed by atoms with Crippen molar-refractivity contribution in [1.82, 2.24) is 0 Å². The van der Waals surface area contributed by atoms with Crippen LogP contribution < -0.4 is 0 Å². The number of rotatable bonds is 3. The van der Waals surface area contributed by atoms with Crippen LogP contribution in [0, 0.1) is 11.3 Å². The third-order valence-electron chi connectivity index (χ3n) is 3.67. The van der Waals surface area contributed by atoms with Crippen LogP contribution in [0.5, 0.6) is 0 Å². The summed E-state index contributed by atoms with van der Waals surface area (Å²) >= 11 is 0. The van der Waals surface area contributed by atoms with Crippen molar-refractivity contribution >= 4 is 6.47 Å². The highest BCUT2D eigenvalue weighted by atomic mass is 16.5. The number of carbonyl (C=O) groups excluding carboxylic acids is 1. The summed E-state index contributed by atoms with van der Waals surface area (Å²) in [5.41, 5.74) is 1.73. The molecule has 78 valence electrons. The van der Waals surface area contributed by atoms with E-state index >= 15 is 0 Å². The van der Waals surface area contributed by atoms with E-state index in [-0.39, 0.29) is 11.5 Å². The minimum Gasteiger partial charge on any atom is -0.463 e. The van der Waals surface area contributed by atoms with Crippen molar-refractivity contribution in [2.24, 2.45) is 11.3 Å². The Hall–Kier alpha value is -0.790. The molecule has 0 amide bonds. The van der Waals surface area contributed by atoms with E-state index in [2.05, 4.69) is 19.9 Å². The fraction of sp³-hybridized carbons (Fsp3) is 0.750. The van der Waals surface area contributed by atoms with Crippen LogP contribution in [0.15, 0.2) is 11.6 Å². The van der Waals surface area contributed by atoms with Gasteiger partial charge in [0.05, 0.1) is 0 Å². The van der Waals surface area contributed by atoms with Crippen LogP contribution in [0.4, 0.5) is 0 Å². The van der Waals surface area contributed by atoms with E-state index in [0.29, 0.717) is 12.4 Å². The molecule has 0 aromatic rings. The molecule has 0 aromatic heterocycles. The molecule has 2 unspecified atom stereocenters. The van der Waals surface area contributed by atoms with Gasteiger partial charge in [-0.15, -0.1) is 0 Å². The molecule has 0 heterocycles. The normalized spacial score (nSPS) is 34.0. The summed E-state index contributed by atoms with van der Waals surface area (Å²) < 4.78 is 5.07. The molecule has 2 aliphatic carbocycles. The van der Waals surface area contributed by atoms with Gasteiger partial charge >= 0.3 is 0 Å². The van der Waals surface area contributed by atoms with Crippen LogP contribution in [0.1, 0.15) is 39.5 Å². The predicted octanol–water partition coefficient (Wildman–Crippen LogP) is 2.68. The van der Waals surface area contributed by atoms with Crippen LogP contribution in [0.2, 0.25) is 0 Å². The molecule has 0 aromatic carbocycles. The summed E-state index contributed by atoms with van der Waals surface area (Å²) in [6, 6.07) is 0. The van der Waals surface area contributed by atoms with Crippen molar-refractivity contribution in [3.63, 3.8) is 0 Å². The number of carbonyl (C=O) groups is 1. The van der Waals surface area contributed by atoms with Gasteiger partial charge in [0.2, 0.25) is 0 Å². The van der Waals surface area contributed by atoms with Crippen LogP contribution >= 0.6 is 0 Å². The zero-order valence-electron chi connectivity index (χ0n) is 8.95. The van der Waals surface area contributed by atoms with E-state index in [4.69, 9.17) is 4.74 Å². The van der Waals surface area contributed by atoms with Gasteiger partial charge in [0.15, 0.2) is 0 Å². The summed E-state index contributed by atoms with van der Waals surface area (Å²) in [4.78, 5) is 10.3. The van der Waals surface area contributed by atoms with Gasteiger partial charge in [-0.05, 0) is 25.7 Å². The van der Waals surface area contributed by atoms with Crippen LogP contribution in [0.25, 0.3) is 0 Å². The maximum absolute atomic E-state index is 10.3. The van der Waals surface area contributed by atoms with Crippen molar-refractivity contribution < 1.29 is 9.53 Å². The average molecular weight is 194 g/mol. The van der Waals surface area contributed by atoms with E-state index in [1.165, 1.54) is 25.7 Å². The summed E-state index contributed by atoms with van der Waals surface area (Å²) in [5, 5.41) is 0. The highest BCUT2D eigenvalue weighted by molar-refractivity contribution is 5.40. The minimum absolute atomic E-state index is 0.119. The Labute approximate surface area is 85.3 Å². The molecule has 0 aliphatic heterocycles. The van der Waals surface area contributed by atoms with Gasteiger partial charge < -0.3 is 4.74 Å². The van der Waals surface area contributed by atoms with E-state index in [1.54, 1.807) is 5.57 Å². The van der Waals surface area contributed by atoms with Crippen molar-refractivity contribution in [1.29, 1.82) is 0 Å². The van der Waals surface area contributed by atoms with Crippen LogP contribution in [-0.2, 0) is 9.53 Å². The van der Waals surface area contributed by atoms with E-state index in [9.17, 15) is 4.79 Å². The Bertz CT molecular complexity index is 257. The molecule has 2 rings (SSSR count). The predicted molar refractivity (Wildman–Crippen MR) is 54.8 cm³/mol. The first-order valence-electron chi connectivity index (χ1n) is 5.45. The molecule has 2 heteroatoms. The van der Waals surface area contributed by atoms with Crippen molar-refractivity contribution in [2.45, 2.75) is 45.6 Å². The first-order chi connectivity index (χ1) is 6.66. The molecule has 0 bridgehead atoms. The highest BCUT2D eigenvalue weighted by Gasteiger charge is 2.58. The minimum atomic E-state index is 0.119. The maximum Gasteiger partial charge on any atom is 0.293 e. The standard InChI is InChI=1S/C12H18O2/c1-12(2)10(11(12)14-8-13)7-9-5-3-4-6-9/h7-8,10-11H,3-6H2,1-2H3. The lowest BCUT2D eigenvalue weighted by atomic mass is 10.1. The first-order valence-corrected chi connectivity index (χ1v) is 5.45. The lowest BCUT2D eigenvalue weighted by Crippen LogP contribution is -1.98. The Morgan fingerprint density at radius 1 is 1.36 bits per heavy atom. The quantitative estimate of drug-likeness (QED) is 0.510. The van der Waals surface area contributed by atoms with E-state index in [1.807, 2.05) is 0 Å². The van der Waals surface area contributed by atoms with Crippen molar-refractivity contribution in [3.8, 4) is 0 Å². The molecular weight excluding hydrogens is 176 g/mol. The lowest BCUT2D eigenvalue weighted by Gasteiger charge is -1.98. The molecule has 0 radical (unpaired) electrons. The third-order valence-corrected chi connectivity index (χ3v) is 3.67. The van der Waals surface area contributed by atoms with Crippen LogP contribution in [-0.4, -0.2) is 12.6 Å². The fourth-order valence-electron chi connectivity index (χ4n) is 2.50. The van der Waals surface area contributed by atoms with E-state index < -0.39 is 0 Å². The molecule has 2 aliphatic rings. The average Bonchev–Trinajstić information content (AvgIpc) is 2.59. The Morgan fingerprint density at radius 2 is 2.00 bits per heavy atom. The second-order valence-corrected chi connectivity index (χ2v) is 5.03. The number of allylic oxidation sites excluding steroid dienone is 1. The van der Waals surface area contributed by atoms with Crippen molar-refractivity contribution in [2.75, 3.05) is 0 Å². The zero-order chi connectivity index (χ0) is 10.2. The Kier molecular flexibility index (Phi) is 2.38. The second-order valence-electron chi connectivity index (χ2n) is 5.03. The smallest absolute Gasteiger partial charge is 0.293 e. The zero-order valence-corrected chi connectivity index (χ0v) is 8.95. The van der Waals surface area contributed by atoms with E-state index in [0.717, 1.165) is 0 Å². The largest absolute Gasteiger partial charge is 0.463 e. The van der Waals surface area contributed by atoms with Crippen LogP contribution in [0.3, 0.4) is 0 Å². The van der Waals surface area contributed by atoms with Gasteiger partial charge in [0, 0.05) is 11.3 Å². The fourth-order valence-corrected chi connectivity index (χ4v) is 2.50. The highest BCUT2D eigenvalue weighted by Crippen LogP contribution is 2.55. The topological polar surface area (TPSA) is 26.3 Å².